The van der Waals surface area contributed by atoms with Crippen LogP contribution in [-0.2, 0) is 0 Å². The Morgan fingerprint density at radius 1 is 1.65 bits per heavy atom. The van der Waals surface area contributed by atoms with Gasteiger partial charge in [-0.3, -0.25) is 10.1 Å². The summed E-state index contributed by atoms with van der Waals surface area (Å²) in [6.45, 7) is 2.61. The first-order chi connectivity index (χ1) is 8.19. The minimum atomic E-state index is -0.503. The van der Waals surface area contributed by atoms with Crippen LogP contribution in [0.3, 0.4) is 0 Å². The van der Waals surface area contributed by atoms with Gasteiger partial charge in [0.15, 0.2) is 5.03 Å². The van der Waals surface area contributed by atoms with E-state index < -0.39 is 4.92 Å². The molecule has 0 aliphatic carbocycles. The van der Waals surface area contributed by atoms with Crippen LogP contribution >= 0.6 is 11.8 Å². The van der Waals surface area contributed by atoms with Crippen molar-refractivity contribution in [2.75, 3.05) is 24.2 Å². The number of thioether (sulfide) groups is 1. The van der Waals surface area contributed by atoms with Crippen molar-refractivity contribution in [1.82, 2.24) is 9.97 Å². The van der Waals surface area contributed by atoms with Gasteiger partial charge < -0.3 is 10.4 Å². The lowest BCUT2D eigenvalue weighted by Gasteiger charge is -2.04. The van der Waals surface area contributed by atoms with Crippen molar-refractivity contribution in [1.29, 1.82) is 0 Å². The fourth-order valence-electron chi connectivity index (χ4n) is 1.07. The molecule has 8 heteroatoms. The van der Waals surface area contributed by atoms with Crippen LogP contribution in [0.5, 0.6) is 0 Å². The van der Waals surface area contributed by atoms with Crippen molar-refractivity contribution in [3.05, 3.63) is 16.3 Å². The lowest BCUT2D eigenvalue weighted by Crippen LogP contribution is -2.04. The Morgan fingerprint density at radius 2 is 2.41 bits per heavy atom. The molecule has 0 aromatic carbocycles. The first-order valence-electron chi connectivity index (χ1n) is 5.18. The van der Waals surface area contributed by atoms with E-state index in [1.54, 1.807) is 0 Å². The Hall–Kier alpha value is -1.41. The van der Waals surface area contributed by atoms with Crippen molar-refractivity contribution in [2.24, 2.45) is 0 Å². The highest BCUT2D eigenvalue weighted by Gasteiger charge is 2.17. The van der Waals surface area contributed by atoms with Gasteiger partial charge in [0.05, 0.1) is 4.92 Å². The largest absolute Gasteiger partial charge is 0.396 e. The van der Waals surface area contributed by atoms with Crippen LogP contribution in [0.25, 0.3) is 0 Å². The van der Waals surface area contributed by atoms with Gasteiger partial charge in [0.25, 0.3) is 0 Å². The third-order valence-corrected chi connectivity index (χ3v) is 2.88. The number of aliphatic hydroxyl groups is 1. The normalized spacial score (nSPS) is 10.2. The number of anilines is 1. The average Bonchev–Trinajstić information content (AvgIpc) is 2.30. The molecule has 94 valence electrons. The SMILES string of the molecule is CCNc1ncc([N+](=O)[O-])c(SCCCO)n1. The van der Waals surface area contributed by atoms with Crippen LogP contribution in [0, 0.1) is 10.1 Å². The fraction of sp³-hybridized carbons (Fsp3) is 0.556. The van der Waals surface area contributed by atoms with E-state index in [9.17, 15) is 10.1 Å². The van der Waals surface area contributed by atoms with E-state index in [1.807, 2.05) is 6.92 Å². The van der Waals surface area contributed by atoms with Gasteiger partial charge in [-0.1, -0.05) is 11.8 Å². The van der Waals surface area contributed by atoms with E-state index in [0.29, 0.717) is 29.7 Å². The molecule has 2 N–H and O–H groups in total. The number of nitro groups is 1. The van der Waals surface area contributed by atoms with Crippen molar-refractivity contribution in [2.45, 2.75) is 18.4 Å². The van der Waals surface area contributed by atoms with Crippen LogP contribution in [0.2, 0.25) is 0 Å². The van der Waals surface area contributed by atoms with Crippen LogP contribution in [0.15, 0.2) is 11.2 Å². The number of hydrogen-bond acceptors (Lipinski definition) is 7. The predicted octanol–water partition coefficient (Wildman–Crippen LogP) is 1.29. The Bertz CT molecular complexity index is 389. The highest BCUT2D eigenvalue weighted by Crippen LogP contribution is 2.27. The molecule has 0 aliphatic heterocycles. The van der Waals surface area contributed by atoms with Gasteiger partial charge in [0.2, 0.25) is 5.95 Å². The Labute approximate surface area is 103 Å². The predicted molar refractivity (Wildman–Crippen MR) is 65.3 cm³/mol. The molecule has 0 atom stereocenters. The van der Waals surface area contributed by atoms with Gasteiger partial charge in [0, 0.05) is 18.9 Å². The maximum absolute atomic E-state index is 10.8. The molecule has 0 unspecified atom stereocenters. The highest BCUT2D eigenvalue weighted by molar-refractivity contribution is 7.99. The third kappa shape index (κ3) is 4.16. The maximum Gasteiger partial charge on any atom is 0.319 e. The average molecular weight is 258 g/mol. The third-order valence-electron chi connectivity index (χ3n) is 1.81. The fourth-order valence-corrected chi connectivity index (χ4v) is 1.96. The van der Waals surface area contributed by atoms with Crippen molar-refractivity contribution in [3.63, 3.8) is 0 Å². The smallest absolute Gasteiger partial charge is 0.319 e. The van der Waals surface area contributed by atoms with Gasteiger partial charge in [-0.25, -0.2) is 4.98 Å². The summed E-state index contributed by atoms with van der Waals surface area (Å²) in [4.78, 5) is 18.2. The molecule has 0 radical (unpaired) electrons. The molecule has 0 amide bonds. The molecule has 1 aromatic rings. The summed E-state index contributed by atoms with van der Waals surface area (Å²) < 4.78 is 0. The number of aromatic nitrogens is 2. The second-order valence-electron chi connectivity index (χ2n) is 3.10. The monoisotopic (exact) mass is 258 g/mol. The van der Waals surface area contributed by atoms with E-state index in [-0.39, 0.29) is 12.3 Å². The number of hydrogen-bond donors (Lipinski definition) is 2. The molecule has 7 nitrogen and oxygen atoms in total. The second-order valence-corrected chi connectivity index (χ2v) is 4.18. The molecule has 0 aliphatic rings. The number of nitrogens with zero attached hydrogens (tertiary/aromatic N) is 3. The van der Waals surface area contributed by atoms with Gasteiger partial charge in [-0.2, -0.15) is 4.98 Å². The minimum absolute atomic E-state index is 0.0615. The van der Waals surface area contributed by atoms with Crippen LogP contribution < -0.4 is 5.32 Å². The summed E-state index contributed by atoms with van der Waals surface area (Å²) in [5.41, 5.74) is -0.102. The first kappa shape index (κ1) is 13.7. The van der Waals surface area contributed by atoms with Crippen LogP contribution in [0.1, 0.15) is 13.3 Å². The van der Waals surface area contributed by atoms with Crippen molar-refractivity contribution >= 4 is 23.4 Å². The molecule has 0 fully saturated rings. The van der Waals surface area contributed by atoms with E-state index in [1.165, 1.54) is 18.0 Å². The highest BCUT2D eigenvalue weighted by atomic mass is 32.2. The van der Waals surface area contributed by atoms with Crippen LogP contribution in [-0.4, -0.2) is 38.9 Å². The lowest BCUT2D eigenvalue weighted by atomic mass is 10.5. The Morgan fingerprint density at radius 3 is 3.00 bits per heavy atom. The van der Waals surface area contributed by atoms with E-state index in [2.05, 4.69) is 15.3 Å². The molecule has 1 rings (SSSR count). The van der Waals surface area contributed by atoms with Gasteiger partial charge in [-0.15, -0.1) is 0 Å². The summed E-state index contributed by atoms with van der Waals surface area (Å²) >= 11 is 1.25. The standard InChI is InChI=1S/C9H14N4O3S/c1-2-10-9-11-6-7(13(15)16)8(12-9)17-5-3-4-14/h6,14H,2-5H2,1H3,(H,10,11,12). The Kier molecular flexibility index (Phi) is 5.64. The van der Waals surface area contributed by atoms with E-state index in [4.69, 9.17) is 5.11 Å². The lowest BCUT2D eigenvalue weighted by molar-refractivity contribution is -0.388. The number of rotatable bonds is 7. The molecular weight excluding hydrogens is 244 g/mol. The number of aliphatic hydroxyl groups excluding tert-OH is 1. The van der Waals surface area contributed by atoms with Crippen LogP contribution in [0.4, 0.5) is 11.6 Å². The minimum Gasteiger partial charge on any atom is -0.396 e. The molecule has 0 spiro atoms. The summed E-state index contributed by atoms with van der Waals surface area (Å²) in [5.74, 6) is 0.963. The maximum atomic E-state index is 10.8. The first-order valence-corrected chi connectivity index (χ1v) is 6.16. The van der Waals surface area contributed by atoms with Gasteiger partial charge in [-0.05, 0) is 13.3 Å². The van der Waals surface area contributed by atoms with Crippen molar-refractivity contribution in [3.8, 4) is 0 Å². The Balaban J connectivity index is 2.86. The summed E-state index contributed by atoms with van der Waals surface area (Å²) in [6.07, 6.45) is 1.77. The van der Waals surface area contributed by atoms with Gasteiger partial charge >= 0.3 is 5.69 Å². The van der Waals surface area contributed by atoms with Gasteiger partial charge in [0.1, 0.15) is 6.20 Å². The quantitative estimate of drug-likeness (QED) is 0.250. The zero-order valence-corrected chi connectivity index (χ0v) is 10.2. The second kappa shape index (κ2) is 7.02. The number of nitrogens with one attached hydrogen (secondary N) is 1. The molecule has 0 saturated heterocycles. The van der Waals surface area contributed by atoms with E-state index >= 15 is 0 Å². The molecule has 0 bridgehead atoms. The molecule has 1 aromatic heterocycles. The van der Waals surface area contributed by atoms with Crippen molar-refractivity contribution < 1.29 is 10.0 Å². The summed E-state index contributed by atoms with van der Waals surface area (Å²) in [6, 6.07) is 0. The molecule has 17 heavy (non-hydrogen) atoms. The zero-order chi connectivity index (χ0) is 12.7. The summed E-state index contributed by atoms with van der Waals surface area (Å²) in [7, 11) is 0. The molecule has 0 saturated carbocycles. The molecular formula is C9H14N4O3S. The zero-order valence-electron chi connectivity index (χ0n) is 9.42. The summed E-state index contributed by atoms with van der Waals surface area (Å²) in [5, 5.41) is 22.7. The van der Waals surface area contributed by atoms with E-state index in [0.717, 1.165) is 0 Å². The topological polar surface area (TPSA) is 101 Å². The molecule has 1 heterocycles.